The largest absolute Gasteiger partial charge is 0.523 e. The second kappa shape index (κ2) is 8.98. The Labute approximate surface area is 219 Å². The zero-order chi connectivity index (χ0) is 26.6. The van der Waals surface area contributed by atoms with E-state index < -0.39 is 12.1 Å². The molecule has 5 nitrogen and oxygen atoms in total. The SMILES string of the molecule is [C-]#[N+]C1=C(O)[C@H](C)[C@H]2CCc3c(-c4ccccc4F)nc(-c4cc(CF)nc5ccccc45)nc3[C@]2(C)C1. The highest BCUT2D eigenvalue weighted by atomic mass is 19.1. The van der Waals surface area contributed by atoms with Crippen LogP contribution in [0.2, 0.25) is 0 Å². The predicted octanol–water partition coefficient (Wildman–Crippen LogP) is 7.52. The van der Waals surface area contributed by atoms with Crippen LogP contribution in [0.25, 0.3) is 38.4 Å². The van der Waals surface area contributed by atoms with E-state index in [0.29, 0.717) is 46.7 Å². The molecular formula is C31H26F2N4O. The van der Waals surface area contributed by atoms with E-state index in [4.69, 9.17) is 16.5 Å². The van der Waals surface area contributed by atoms with Gasteiger partial charge in [-0.15, -0.1) is 0 Å². The Hall–Kier alpha value is -4.18. The Balaban J connectivity index is 1.68. The molecule has 190 valence electrons. The molecule has 6 rings (SSSR count). The van der Waals surface area contributed by atoms with Gasteiger partial charge in [0.1, 0.15) is 12.5 Å². The van der Waals surface area contributed by atoms with Crippen LogP contribution in [0.1, 0.15) is 43.6 Å². The Morgan fingerprint density at radius 3 is 2.61 bits per heavy atom. The van der Waals surface area contributed by atoms with Crippen LogP contribution in [0.4, 0.5) is 8.78 Å². The lowest BCUT2D eigenvalue weighted by molar-refractivity contribution is 0.135. The summed E-state index contributed by atoms with van der Waals surface area (Å²) in [5.74, 6) is -0.0178. The second-order valence-corrected chi connectivity index (χ2v) is 10.5. The summed E-state index contributed by atoms with van der Waals surface area (Å²) < 4.78 is 29.1. The summed E-state index contributed by atoms with van der Waals surface area (Å²) in [5, 5.41) is 11.5. The summed E-state index contributed by atoms with van der Waals surface area (Å²) in [5.41, 5.74) is 3.82. The smallest absolute Gasteiger partial charge is 0.203 e. The van der Waals surface area contributed by atoms with Gasteiger partial charge in [0.2, 0.25) is 5.70 Å². The number of halogens is 2. The molecule has 2 aliphatic rings. The highest BCUT2D eigenvalue weighted by molar-refractivity contribution is 5.93. The van der Waals surface area contributed by atoms with Crippen molar-refractivity contribution in [3.63, 3.8) is 0 Å². The van der Waals surface area contributed by atoms with E-state index in [2.05, 4.69) is 16.8 Å². The number of aliphatic hydroxyl groups is 1. The van der Waals surface area contributed by atoms with Crippen LogP contribution in [0.3, 0.4) is 0 Å². The summed E-state index contributed by atoms with van der Waals surface area (Å²) in [6.07, 6.45) is 1.72. The summed E-state index contributed by atoms with van der Waals surface area (Å²) >= 11 is 0. The molecule has 0 unspecified atom stereocenters. The van der Waals surface area contributed by atoms with Gasteiger partial charge in [0.05, 0.1) is 34.9 Å². The average Bonchev–Trinajstić information content (AvgIpc) is 2.94. The molecule has 0 radical (unpaired) electrons. The van der Waals surface area contributed by atoms with Crippen molar-refractivity contribution < 1.29 is 13.9 Å². The lowest BCUT2D eigenvalue weighted by Gasteiger charge is -2.48. The lowest BCUT2D eigenvalue weighted by atomic mass is 9.57. The second-order valence-electron chi connectivity index (χ2n) is 10.5. The fraction of sp³-hybridized carbons (Fsp3) is 0.290. The Bertz CT molecular complexity index is 1670. The zero-order valence-corrected chi connectivity index (χ0v) is 21.2. The van der Waals surface area contributed by atoms with E-state index >= 15 is 4.39 Å². The van der Waals surface area contributed by atoms with Crippen LogP contribution in [-0.2, 0) is 18.5 Å². The fourth-order valence-corrected chi connectivity index (χ4v) is 6.47. The van der Waals surface area contributed by atoms with E-state index in [1.54, 1.807) is 24.3 Å². The van der Waals surface area contributed by atoms with Gasteiger partial charge >= 0.3 is 0 Å². The molecule has 0 fully saturated rings. The predicted molar refractivity (Wildman–Crippen MR) is 142 cm³/mol. The van der Waals surface area contributed by atoms with Crippen LogP contribution < -0.4 is 0 Å². The number of benzene rings is 2. The number of rotatable bonds is 3. The molecule has 0 amide bonds. The Morgan fingerprint density at radius 1 is 1.08 bits per heavy atom. The van der Waals surface area contributed by atoms with Gasteiger partial charge in [-0.1, -0.05) is 44.2 Å². The molecule has 3 atom stereocenters. The number of hydrogen-bond donors (Lipinski definition) is 1. The summed E-state index contributed by atoms with van der Waals surface area (Å²) in [6, 6.07) is 15.7. The molecule has 2 aromatic heterocycles. The number of allylic oxidation sites excluding steroid dienone is 2. The Kier molecular flexibility index (Phi) is 5.71. The topological polar surface area (TPSA) is 63.3 Å². The van der Waals surface area contributed by atoms with E-state index in [1.807, 2.05) is 31.2 Å². The van der Waals surface area contributed by atoms with Crippen LogP contribution in [0.15, 0.2) is 66.1 Å². The highest BCUT2D eigenvalue weighted by Gasteiger charge is 2.50. The lowest BCUT2D eigenvalue weighted by Crippen LogP contribution is -2.45. The number of alkyl halides is 1. The van der Waals surface area contributed by atoms with E-state index in [9.17, 15) is 9.50 Å². The third-order valence-electron chi connectivity index (χ3n) is 8.35. The van der Waals surface area contributed by atoms with Gasteiger partial charge in [-0.2, -0.15) is 0 Å². The van der Waals surface area contributed by atoms with Gasteiger partial charge in [0, 0.05) is 33.4 Å². The Morgan fingerprint density at radius 2 is 1.84 bits per heavy atom. The molecule has 1 N–H and O–H groups in total. The quantitative estimate of drug-likeness (QED) is 0.291. The third kappa shape index (κ3) is 3.59. The van der Waals surface area contributed by atoms with Gasteiger partial charge in [0.15, 0.2) is 5.82 Å². The molecule has 0 bridgehead atoms. The van der Waals surface area contributed by atoms with Crippen LogP contribution >= 0.6 is 0 Å². The number of aromatic nitrogens is 3. The number of para-hydroxylation sites is 1. The summed E-state index contributed by atoms with van der Waals surface area (Å²) in [6.45, 7) is 11.0. The van der Waals surface area contributed by atoms with Crippen LogP contribution in [0.5, 0.6) is 0 Å². The van der Waals surface area contributed by atoms with Crippen molar-refractivity contribution in [2.75, 3.05) is 0 Å². The van der Waals surface area contributed by atoms with Crippen molar-refractivity contribution in [2.45, 2.75) is 45.2 Å². The van der Waals surface area contributed by atoms with Crippen molar-refractivity contribution in [3.05, 3.63) is 100 Å². The van der Waals surface area contributed by atoms with Crippen molar-refractivity contribution >= 4 is 10.9 Å². The molecule has 0 spiro atoms. The minimum Gasteiger partial charge on any atom is -0.523 e. The van der Waals surface area contributed by atoms with Gasteiger partial charge in [0.25, 0.3) is 0 Å². The molecule has 38 heavy (non-hydrogen) atoms. The standard InChI is InChI=1S/C31H26F2N4O/c1-17-23-13-12-21-27(20-9-4-6-10-24(20)33)36-30(37-29(21)31(23,2)15-26(34-3)28(17)38)22-14-18(16-32)35-25-11-7-5-8-19(22)25/h4-11,14,17,23,38H,12-13,15-16H2,1-2H3/t17-,23-,31-/m1/s1. The van der Waals surface area contributed by atoms with E-state index in [0.717, 1.165) is 23.1 Å². The van der Waals surface area contributed by atoms with Crippen LogP contribution in [0, 0.1) is 24.2 Å². The van der Waals surface area contributed by atoms with Gasteiger partial charge in [-0.3, -0.25) is 0 Å². The van der Waals surface area contributed by atoms with E-state index in [1.165, 1.54) is 6.07 Å². The van der Waals surface area contributed by atoms with Gasteiger partial charge in [-0.25, -0.2) is 28.6 Å². The number of fused-ring (bicyclic) bond motifs is 4. The first-order valence-electron chi connectivity index (χ1n) is 12.8. The molecule has 2 heterocycles. The van der Waals surface area contributed by atoms with Crippen molar-refractivity contribution in [1.82, 2.24) is 15.0 Å². The number of hydrogen-bond acceptors (Lipinski definition) is 4. The third-order valence-corrected chi connectivity index (χ3v) is 8.35. The first kappa shape index (κ1) is 24.2. The highest BCUT2D eigenvalue weighted by Crippen LogP contribution is 2.54. The first-order chi connectivity index (χ1) is 18.4. The fourth-order valence-electron chi connectivity index (χ4n) is 6.47. The molecular weight excluding hydrogens is 482 g/mol. The minimum absolute atomic E-state index is 0.0484. The molecule has 2 aliphatic carbocycles. The first-order valence-corrected chi connectivity index (χ1v) is 12.8. The minimum atomic E-state index is -0.737. The molecule has 2 aromatic carbocycles. The average molecular weight is 509 g/mol. The van der Waals surface area contributed by atoms with E-state index in [-0.39, 0.29) is 29.1 Å². The number of pyridine rings is 1. The van der Waals surface area contributed by atoms with Crippen molar-refractivity contribution in [1.29, 1.82) is 0 Å². The maximum Gasteiger partial charge on any atom is 0.203 e. The molecule has 0 saturated carbocycles. The van der Waals surface area contributed by atoms with Crippen LogP contribution in [-0.4, -0.2) is 20.1 Å². The van der Waals surface area contributed by atoms with Crippen molar-refractivity contribution in [3.8, 4) is 22.6 Å². The maximum atomic E-state index is 15.2. The van der Waals surface area contributed by atoms with Gasteiger partial charge < -0.3 is 5.11 Å². The monoisotopic (exact) mass is 508 g/mol. The number of aliphatic hydroxyl groups excluding tert-OH is 1. The summed E-state index contributed by atoms with van der Waals surface area (Å²) in [4.78, 5) is 18.1. The molecule has 7 heteroatoms. The maximum absolute atomic E-state index is 15.2. The zero-order valence-electron chi connectivity index (χ0n) is 21.2. The molecule has 0 aliphatic heterocycles. The van der Waals surface area contributed by atoms with Crippen molar-refractivity contribution in [2.24, 2.45) is 11.8 Å². The molecule has 4 aromatic rings. The number of nitrogens with zero attached hydrogens (tertiary/aromatic N) is 4. The summed E-state index contributed by atoms with van der Waals surface area (Å²) in [7, 11) is 0. The normalized spacial score (nSPS) is 22.6. The molecule has 0 saturated heterocycles. The van der Waals surface area contributed by atoms with Gasteiger partial charge in [-0.05, 0) is 49.4 Å².